The Morgan fingerprint density at radius 1 is 1.41 bits per heavy atom. The number of likely N-dealkylation sites (tertiary alicyclic amines) is 1. The summed E-state index contributed by atoms with van der Waals surface area (Å²) >= 11 is 0. The molecule has 0 aromatic carbocycles. The lowest BCUT2D eigenvalue weighted by Gasteiger charge is -2.38. The summed E-state index contributed by atoms with van der Waals surface area (Å²) in [7, 11) is 0. The zero-order valence-corrected chi connectivity index (χ0v) is 10.3. The summed E-state index contributed by atoms with van der Waals surface area (Å²) in [5, 5.41) is 20.3. The molecule has 0 radical (unpaired) electrons. The van der Waals surface area contributed by atoms with Gasteiger partial charge in [-0.2, -0.15) is 0 Å². The van der Waals surface area contributed by atoms with Gasteiger partial charge in [-0.25, -0.2) is 4.79 Å². The first-order valence-corrected chi connectivity index (χ1v) is 5.59. The van der Waals surface area contributed by atoms with E-state index in [1.54, 1.807) is 20.8 Å². The highest BCUT2D eigenvalue weighted by Gasteiger charge is 2.34. The maximum atomic E-state index is 11.8. The largest absolute Gasteiger partial charge is 0.548 e. The first-order valence-electron chi connectivity index (χ1n) is 5.59. The Kier molecular flexibility index (Phi) is 3.98. The molecule has 1 N–H and O–H groups in total. The van der Waals surface area contributed by atoms with Crippen LogP contribution in [0.5, 0.6) is 0 Å². The lowest BCUT2D eigenvalue weighted by molar-refractivity contribution is -0.312. The molecule has 98 valence electrons. The molecular formula is C11H18NO5-. The number of aliphatic hydroxyl groups is 1. The van der Waals surface area contributed by atoms with Gasteiger partial charge in [0.1, 0.15) is 5.60 Å². The first-order chi connectivity index (χ1) is 7.70. The topological polar surface area (TPSA) is 89.9 Å². The van der Waals surface area contributed by atoms with Gasteiger partial charge in [0.25, 0.3) is 0 Å². The van der Waals surface area contributed by atoms with Gasteiger partial charge in [0, 0.05) is 6.54 Å². The summed E-state index contributed by atoms with van der Waals surface area (Å²) < 4.78 is 5.11. The van der Waals surface area contributed by atoms with Gasteiger partial charge >= 0.3 is 6.09 Å². The van der Waals surface area contributed by atoms with Crippen LogP contribution in [-0.2, 0) is 9.53 Å². The molecule has 0 aromatic heterocycles. The van der Waals surface area contributed by atoms with Crippen LogP contribution in [0.15, 0.2) is 0 Å². The van der Waals surface area contributed by atoms with E-state index in [0.717, 1.165) is 4.90 Å². The Labute approximate surface area is 100 Å². The fourth-order valence-corrected chi connectivity index (χ4v) is 1.71. The number of rotatable bonds is 1. The highest BCUT2D eigenvalue weighted by molar-refractivity contribution is 5.79. The molecule has 6 nitrogen and oxygen atoms in total. The number of piperidine rings is 1. The van der Waals surface area contributed by atoms with Crippen LogP contribution in [0, 0.1) is 0 Å². The molecule has 17 heavy (non-hydrogen) atoms. The van der Waals surface area contributed by atoms with Crippen LogP contribution >= 0.6 is 0 Å². The number of amides is 1. The Balaban J connectivity index is 2.73. The summed E-state index contributed by atoms with van der Waals surface area (Å²) in [5.74, 6) is -1.37. The second kappa shape index (κ2) is 4.91. The third-order valence-corrected chi connectivity index (χ3v) is 2.47. The van der Waals surface area contributed by atoms with E-state index >= 15 is 0 Å². The molecule has 0 aromatic rings. The number of ether oxygens (including phenoxy) is 1. The SMILES string of the molecule is CC(C)(C)OC(=O)N1CC[C@H](O)C[C@@H]1C(=O)[O-]. The number of aliphatic hydroxyl groups excluding tert-OH is 1. The number of nitrogens with zero attached hydrogens (tertiary/aromatic N) is 1. The lowest BCUT2D eigenvalue weighted by Crippen LogP contribution is -2.56. The number of carboxylic acid groups (broad SMARTS) is 1. The highest BCUT2D eigenvalue weighted by atomic mass is 16.6. The van der Waals surface area contributed by atoms with Crippen LogP contribution < -0.4 is 5.11 Å². The monoisotopic (exact) mass is 244 g/mol. The van der Waals surface area contributed by atoms with Crippen molar-refractivity contribution in [2.24, 2.45) is 0 Å². The fraction of sp³-hybridized carbons (Fsp3) is 0.818. The third kappa shape index (κ3) is 3.89. The lowest BCUT2D eigenvalue weighted by atomic mass is 10.0. The minimum Gasteiger partial charge on any atom is -0.548 e. The van der Waals surface area contributed by atoms with E-state index in [-0.39, 0.29) is 13.0 Å². The van der Waals surface area contributed by atoms with Crippen molar-refractivity contribution >= 4 is 12.1 Å². The van der Waals surface area contributed by atoms with Gasteiger partial charge in [-0.15, -0.1) is 0 Å². The Hall–Kier alpha value is -1.30. The van der Waals surface area contributed by atoms with Gasteiger partial charge in [-0.05, 0) is 33.6 Å². The van der Waals surface area contributed by atoms with Crippen molar-refractivity contribution in [3.63, 3.8) is 0 Å². The standard InChI is InChI=1S/C11H19NO5/c1-11(2,3)17-10(16)12-5-4-7(13)6-8(12)9(14)15/h7-8,13H,4-6H2,1-3H3,(H,14,15)/p-1/t7-,8+/m0/s1. The number of carbonyl (C=O) groups is 2. The molecule has 0 bridgehead atoms. The highest BCUT2D eigenvalue weighted by Crippen LogP contribution is 2.20. The molecule has 1 saturated heterocycles. The molecule has 1 rings (SSSR count). The van der Waals surface area contributed by atoms with Gasteiger partial charge < -0.3 is 19.7 Å². The van der Waals surface area contributed by atoms with E-state index in [4.69, 9.17) is 4.74 Å². The van der Waals surface area contributed by atoms with E-state index in [9.17, 15) is 19.8 Å². The molecule has 6 heteroatoms. The molecule has 1 heterocycles. The number of carboxylic acids is 1. The molecule has 2 atom stereocenters. The summed E-state index contributed by atoms with van der Waals surface area (Å²) in [6, 6.07) is -1.12. The number of aliphatic carboxylic acids is 1. The van der Waals surface area contributed by atoms with E-state index in [1.807, 2.05) is 0 Å². The van der Waals surface area contributed by atoms with Crippen molar-refractivity contribution in [3.8, 4) is 0 Å². The Morgan fingerprint density at radius 2 is 2.00 bits per heavy atom. The zero-order valence-electron chi connectivity index (χ0n) is 10.3. The molecule has 0 aliphatic carbocycles. The van der Waals surface area contributed by atoms with Crippen molar-refractivity contribution in [1.82, 2.24) is 4.90 Å². The summed E-state index contributed by atoms with van der Waals surface area (Å²) in [6.07, 6.45) is -1.06. The van der Waals surface area contributed by atoms with Gasteiger partial charge in [0.2, 0.25) is 0 Å². The second-order valence-corrected chi connectivity index (χ2v) is 5.19. The number of hydrogen-bond donors (Lipinski definition) is 1. The van der Waals surface area contributed by atoms with Gasteiger partial charge in [-0.1, -0.05) is 0 Å². The van der Waals surface area contributed by atoms with Gasteiger partial charge in [0.05, 0.1) is 18.1 Å². The summed E-state index contributed by atoms with van der Waals surface area (Å²) in [5.41, 5.74) is -0.677. The minimum atomic E-state index is -1.37. The molecule has 1 aliphatic heterocycles. The Morgan fingerprint density at radius 3 is 2.47 bits per heavy atom. The average Bonchev–Trinajstić information content (AvgIpc) is 2.14. The first kappa shape index (κ1) is 13.8. The van der Waals surface area contributed by atoms with E-state index in [1.165, 1.54) is 0 Å². The normalized spacial score (nSPS) is 25.5. The van der Waals surface area contributed by atoms with Gasteiger partial charge in [-0.3, -0.25) is 4.90 Å². The van der Waals surface area contributed by atoms with Crippen molar-refractivity contribution < 1.29 is 24.5 Å². The van der Waals surface area contributed by atoms with Crippen LogP contribution in [0.1, 0.15) is 33.6 Å². The molecule has 1 aliphatic rings. The Bertz CT molecular complexity index is 309. The van der Waals surface area contributed by atoms with Crippen molar-refractivity contribution in [3.05, 3.63) is 0 Å². The summed E-state index contributed by atoms with van der Waals surface area (Å²) in [6.45, 7) is 5.28. The number of hydrogen-bond acceptors (Lipinski definition) is 5. The zero-order chi connectivity index (χ0) is 13.2. The molecule has 0 saturated carbocycles. The molecular weight excluding hydrogens is 226 g/mol. The second-order valence-electron chi connectivity index (χ2n) is 5.19. The van der Waals surface area contributed by atoms with E-state index < -0.39 is 29.8 Å². The van der Waals surface area contributed by atoms with Crippen molar-refractivity contribution in [2.45, 2.75) is 51.4 Å². The number of carbonyl (C=O) groups excluding carboxylic acids is 2. The van der Waals surface area contributed by atoms with Crippen molar-refractivity contribution in [1.29, 1.82) is 0 Å². The van der Waals surface area contributed by atoms with E-state index in [0.29, 0.717) is 6.42 Å². The smallest absolute Gasteiger partial charge is 0.410 e. The van der Waals surface area contributed by atoms with Crippen molar-refractivity contribution in [2.75, 3.05) is 6.54 Å². The maximum Gasteiger partial charge on any atom is 0.410 e. The minimum absolute atomic E-state index is 0.0123. The van der Waals surface area contributed by atoms with Gasteiger partial charge in [0.15, 0.2) is 0 Å². The quantitative estimate of drug-likeness (QED) is 0.671. The fourth-order valence-electron chi connectivity index (χ4n) is 1.71. The van der Waals surface area contributed by atoms with Crippen LogP contribution in [-0.4, -0.2) is 46.4 Å². The van der Waals surface area contributed by atoms with Crippen LogP contribution in [0.25, 0.3) is 0 Å². The van der Waals surface area contributed by atoms with Crippen LogP contribution in [0.3, 0.4) is 0 Å². The molecule has 0 unspecified atom stereocenters. The third-order valence-electron chi connectivity index (χ3n) is 2.47. The van der Waals surface area contributed by atoms with Crippen LogP contribution in [0.4, 0.5) is 4.79 Å². The summed E-state index contributed by atoms with van der Waals surface area (Å²) in [4.78, 5) is 23.8. The maximum absolute atomic E-state index is 11.8. The molecule has 0 spiro atoms. The van der Waals surface area contributed by atoms with E-state index in [2.05, 4.69) is 0 Å². The predicted octanol–water partition coefficient (Wildman–Crippen LogP) is -0.503. The predicted molar refractivity (Wildman–Crippen MR) is 57.0 cm³/mol. The average molecular weight is 244 g/mol. The molecule has 1 amide bonds. The van der Waals surface area contributed by atoms with Crippen LogP contribution in [0.2, 0.25) is 0 Å². The molecule has 1 fully saturated rings.